The fourth-order valence-electron chi connectivity index (χ4n) is 6.48. The van der Waals surface area contributed by atoms with Gasteiger partial charge in [-0.2, -0.15) is 0 Å². The average molecular weight is 527 g/mol. The highest BCUT2D eigenvalue weighted by Crippen LogP contribution is 2.44. The number of thiophene rings is 1. The van der Waals surface area contributed by atoms with Crippen LogP contribution in [0.1, 0.15) is 0 Å². The molecular formula is C37H22N2S. The summed E-state index contributed by atoms with van der Waals surface area (Å²) < 4.78 is 3.70. The molecule has 3 aromatic heterocycles. The zero-order chi connectivity index (χ0) is 26.2. The molecule has 0 saturated carbocycles. The molecule has 0 bridgehead atoms. The predicted molar refractivity (Wildman–Crippen MR) is 172 cm³/mol. The molecule has 3 heteroatoms. The smallest absolute Gasteiger partial charge is 0.0793 e. The second kappa shape index (κ2) is 8.25. The number of nitrogens with zero attached hydrogens (tertiary/aromatic N) is 2. The lowest BCUT2D eigenvalue weighted by atomic mass is 9.92. The highest BCUT2D eigenvalue weighted by molar-refractivity contribution is 7.17. The maximum absolute atomic E-state index is 5.12. The van der Waals surface area contributed by atoms with E-state index in [1.165, 1.54) is 70.3 Å². The van der Waals surface area contributed by atoms with Crippen molar-refractivity contribution in [2.24, 2.45) is 0 Å². The zero-order valence-electron chi connectivity index (χ0n) is 21.5. The SMILES string of the molecule is c1ccc(-n2c3ccccc3c3cc4cc(-c5csc6ccccc56)c5ncc6ccccc6c5c4cc32)cc1. The van der Waals surface area contributed by atoms with Crippen LogP contribution in [-0.2, 0) is 0 Å². The van der Waals surface area contributed by atoms with E-state index >= 15 is 0 Å². The summed E-state index contributed by atoms with van der Waals surface area (Å²) in [4.78, 5) is 5.12. The van der Waals surface area contributed by atoms with Crippen LogP contribution in [-0.4, -0.2) is 9.55 Å². The van der Waals surface area contributed by atoms with Crippen molar-refractivity contribution in [2.45, 2.75) is 0 Å². The molecule has 0 aliphatic heterocycles. The van der Waals surface area contributed by atoms with Crippen molar-refractivity contribution < 1.29 is 0 Å². The minimum Gasteiger partial charge on any atom is -0.309 e. The number of aromatic nitrogens is 2. The molecule has 0 atom stereocenters. The third kappa shape index (κ3) is 3.01. The molecular weight excluding hydrogens is 504 g/mol. The highest BCUT2D eigenvalue weighted by atomic mass is 32.1. The van der Waals surface area contributed by atoms with Gasteiger partial charge < -0.3 is 4.57 Å². The molecule has 0 aliphatic carbocycles. The molecule has 186 valence electrons. The van der Waals surface area contributed by atoms with Gasteiger partial charge in [-0.1, -0.05) is 78.9 Å². The molecule has 0 saturated heterocycles. The van der Waals surface area contributed by atoms with E-state index in [4.69, 9.17) is 4.98 Å². The third-order valence-electron chi connectivity index (χ3n) is 8.25. The summed E-state index contributed by atoms with van der Waals surface area (Å²) in [6, 6.07) is 43.9. The highest BCUT2D eigenvalue weighted by Gasteiger charge is 2.19. The minimum absolute atomic E-state index is 1.05. The molecule has 0 aliphatic rings. The van der Waals surface area contributed by atoms with E-state index in [0.29, 0.717) is 0 Å². The first-order valence-corrected chi connectivity index (χ1v) is 14.4. The molecule has 9 aromatic rings. The van der Waals surface area contributed by atoms with Gasteiger partial charge in [0.25, 0.3) is 0 Å². The van der Waals surface area contributed by atoms with Crippen LogP contribution in [0.25, 0.3) is 81.2 Å². The molecule has 0 unspecified atom stereocenters. The Hall–Kier alpha value is -4.99. The molecule has 0 amide bonds. The quantitative estimate of drug-likeness (QED) is 0.205. The minimum atomic E-state index is 1.05. The van der Waals surface area contributed by atoms with Crippen LogP contribution in [0, 0.1) is 0 Å². The predicted octanol–water partition coefficient (Wildman–Crippen LogP) is 10.5. The number of pyridine rings is 1. The zero-order valence-corrected chi connectivity index (χ0v) is 22.3. The van der Waals surface area contributed by atoms with E-state index in [9.17, 15) is 0 Å². The second-order valence-electron chi connectivity index (χ2n) is 10.4. The molecule has 9 rings (SSSR count). The monoisotopic (exact) mass is 526 g/mol. The van der Waals surface area contributed by atoms with E-state index in [0.717, 1.165) is 10.9 Å². The molecule has 0 N–H and O–H groups in total. The van der Waals surface area contributed by atoms with Crippen LogP contribution in [0.3, 0.4) is 0 Å². The van der Waals surface area contributed by atoms with E-state index in [-0.39, 0.29) is 0 Å². The van der Waals surface area contributed by atoms with Crippen molar-refractivity contribution >= 4 is 75.7 Å². The van der Waals surface area contributed by atoms with E-state index in [1.54, 1.807) is 11.3 Å². The lowest BCUT2D eigenvalue weighted by molar-refractivity contribution is 1.18. The lowest BCUT2D eigenvalue weighted by Gasteiger charge is -2.14. The Labute approximate surface area is 234 Å². The van der Waals surface area contributed by atoms with Crippen molar-refractivity contribution in [3.05, 3.63) is 133 Å². The van der Waals surface area contributed by atoms with Crippen LogP contribution in [0.4, 0.5) is 0 Å². The summed E-state index contributed by atoms with van der Waals surface area (Å²) >= 11 is 1.80. The Morgan fingerprint density at radius 3 is 2.17 bits per heavy atom. The van der Waals surface area contributed by atoms with Crippen molar-refractivity contribution in [3.8, 4) is 16.8 Å². The van der Waals surface area contributed by atoms with Crippen molar-refractivity contribution in [3.63, 3.8) is 0 Å². The summed E-state index contributed by atoms with van der Waals surface area (Å²) in [7, 11) is 0. The van der Waals surface area contributed by atoms with Crippen LogP contribution in [0.5, 0.6) is 0 Å². The molecule has 40 heavy (non-hydrogen) atoms. The summed E-state index contributed by atoms with van der Waals surface area (Å²) in [6.45, 7) is 0. The summed E-state index contributed by atoms with van der Waals surface area (Å²) in [5.41, 5.74) is 7.09. The Morgan fingerprint density at radius 1 is 0.525 bits per heavy atom. The fourth-order valence-corrected chi connectivity index (χ4v) is 7.44. The Balaban J connectivity index is 1.51. The van der Waals surface area contributed by atoms with E-state index < -0.39 is 0 Å². The molecule has 3 heterocycles. The number of rotatable bonds is 2. The largest absolute Gasteiger partial charge is 0.309 e. The molecule has 0 fully saturated rings. The average Bonchev–Trinajstić information content (AvgIpc) is 3.59. The first kappa shape index (κ1) is 21.9. The maximum atomic E-state index is 5.12. The summed E-state index contributed by atoms with van der Waals surface area (Å²) in [5, 5.41) is 12.2. The summed E-state index contributed by atoms with van der Waals surface area (Å²) in [6.07, 6.45) is 2.03. The van der Waals surface area contributed by atoms with Gasteiger partial charge in [0.15, 0.2) is 0 Å². The first-order valence-electron chi connectivity index (χ1n) is 13.5. The number of fused-ring (bicyclic) bond motifs is 9. The fraction of sp³-hybridized carbons (Fsp3) is 0. The Kier molecular flexibility index (Phi) is 4.52. The van der Waals surface area contributed by atoms with Crippen molar-refractivity contribution in [1.82, 2.24) is 9.55 Å². The van der Waals surface area contributed by atoms with Crippen molar-refractivity contribution in [1.29, 1.82) is 0 Å². The number of hydrogen-bond donors (Lipinski definition) is 0. The van der Waals surface area contributed by atoms with E-state index in [2.05, 4.69) is 131 Å². The molecule has 2 nitrogen and oxygen atoms in total. The van der Waals surface area contributed by atoms with Crippen LogP contribution < -0.4 is 0 Å². The van der Waals surface area contributed by atoms with Gasteiger partial charge in [-0.05, 0) is 64.0 Å². The van der Waals surface area contributed by atoms with Gasteiger partial charge in [0, 0.05) is 54.6 Å². The number of benzene rings is 6. The van der Waals surface area contributed by atoms with Gasteiger partial charge >= 0.3 is 0 Å². The van der Waals surface area contributed by atoms with Gasteiger partial charge in [0.2, 0.25) is 0 Å². The van der Waals surface area contributed by atoms with Crippen LogP contribution in [0.2, 0.25) is 0 Å². The number of hydrogen-bond acceptors (Lipinski definition) is 2. The first-order chi connectivity index (χ1) is 19.8. The van der Waals surface area contributed by atoms with E-state index in [1.807, 2.05) is 6.20 Å². The summed E-state index contributed by atoms with van der Waals surface area (Å²) in [5.74, 6) is 0. The number of para-hydroxylation sites is 2. The normalized spacial score (nSPS) is 12.0. The third-order valence-corrected chi connectivity index (χ3v) is 9.22. The second-order valence-corrected chi connectivity index (χ2v) is 11.3. The lowest BCUT2D eigenvalue weighted by Crippen LogP contribution is -1.94. The van der Waals surface area contributed by atoms with Gasteiger partial charge in [0.05, 0.1) is 16.6 Å². The molecule has 0 radical (unpaired) electrons. The standard InChI is InChI=1S/C37H22N2S/c1-2-11-25(12-3-1)39-33-16-8-6-14-27(33)30-18-24-19-31(32-22-40-35-17-9-7-15-28(32)35)37-36(29(24)20-34(30)39)26-13-5-4-10-23(26)21-38-37/h1-22H. The topological polar surface area (TPSA) is 17.8 Å². The van der Waals surface area contributed by atoms with Gasteiger partial charge in [-0.15, -0.1) is 11.3 Å². The molecule has 6 aromatic carbocycles. The van der Waals surface area contributed by atoms with Gasteiger partial charge in [-0.25, -0.2) is 0 Å². The van der Waals surface area contributed by atoms with Crippen molar-refractivity contribution in [2.75, 3.05) is 0 Å². The van der Waals surface area contributed by atoms with Crippen LogP contribution >= 0.6 is 11.3 Å². The van der Waals surface area contributed by atoms with Gasteiger partial charge in [0.1, 0.15) is 0 Å². The van der Waals surface area contributed by atoms with Crippen LogP contribution in [0.15, 0.2) is 133 Å². The Morgan fingerprint density at radius 2 is 1.27 bits per heavy atom. The van der Waals surface area contributed by atoms with Gasteiger partial charge in [-0.3, -0.25) is 4.98 Å². The molecule has 0 spiro atoms. The maximum Gasteiger partial charge on any atom is 0.0793 e. The Bertz CT molecular complexity index is 2430.